The molecule has 1 aliphatic rings. The van der Waals surface area contributed by atoms with E-state index >= 15 is 0 Å². The minimum absolute atomic E-state index is 0.209. The van der Waals surface area contributed by atoms with Crippen LogP contribution < -0.4 is 5.32 Å². The van der Waals surface area contributed by atoms with E-state index in [1.54, 1.807) is 0 Å². The Morgan fingerprint density at radius 2 is 2.14 bits per heavy atom. The van der Waals surface area contributed by atoms with Crippen LogP contribution in [-0.4, -0.2) is 15.5 Å². The fraction of sp³-hybridized carbons (Fsp3) is 0.529. The number of fused-ring (bicyclic) bond motifs is 1. The number of amides is 1. The van der Waals surface area contributed by atoms with Crippen LogP contribution in [0.4, 0.5) is 0 Å². The second-order valence-corrected chi connectivity index (χ2v) is 6.27. The van der Waals surface area contributed by atoms with Gasteiger partial charge in [-0.3, -0.25) is 4.79 Å². The molecule has 4 heteroatoms. The number of benzene rings is 1. The molecule has 0 bridgehead atoms. The molecule has 4 nitrogen and oxygen atoms in total. The van der Waals surface area contributed by atoms with Crippen molar-refractivity contribution in [3.63, 3.8) is 0 Å². The van der Waals surface area contributed by atoms with Gasteiger partial charge in [0.25, 0.3) is 0 Å². The van der Waals surface area contributed by atoms with E-state index in [2.05, 4.69) is 46.9 Å². The molecule has 1 N–H and O–H groups in total. The van der Waals surface area contributed by atoms with Gasteiger partial charge in [-0.15, -0.1) is 0 Å². The van der Waals surface area contributed by atoms with Crippen molar-refractivity contribution >= 4 is 16.9 Å². The fourth-order valence-corrected chi connectivity index (χ4v) is 3.12. The molecule has 1 fully saturated rings. The van der Waals surface area contributed by atoms with Gasteiger partial charge in [-0.25, -0.2) is 4.98 Å². The Bertz CT molecular complexity index is 639. The van der Waals surface area contributed by atoms with Gasteiger partial charge in [0.05, 0.1) is 17.4 Å². The second-order valence-electron chi connectivity index (χ2n) is 6.27. The third kappa shape index (κ3) is 2.94. The molecule has 1 amide bonds. The molecule has 0 radical (unpaired) electrons. The van der Waals surface area contributed by atoms with Crippen molar-refractivity contribution in [1.29, 1.82) is 0 Å². The van der Waals surface area contributed by atoms with Crippen molar-refractivity contribution < 1.29 is 4.79 Å². The minimum atomic E-state index is 0.209. The van der Waals surface area contributed by atoms with E-state index in [1.165, 1.54) is 12.8 Å². The van der Waals surface area contributed by atoms with Gasteiger partial charge in [0.15, 0.2) is 0 Å². The second kappa shape index (κ2) is 5.88. The van der Waals surface area contributed by atoms with E-state index in [-0.39, 0.29) is 11.8 Å². The van der Waals surface area contributed by atoms with Gasteiger partial charge in [0.1, 0.15) is 0 Å². The lowest BCUT2D eigenvalue weighted by atomic mass is 10.1. The summed E-state index contributed by atoms with van der Waals surface area (Å²) in [6.07, 6.45) is 6.36. The summed E-state index contributed by atoms with van der Waals surface area (Å²) in [6.45, 7) is 4.90. The van der Waals surface area contributed by atoms with Crippen LogP contribution in [0.15, 0.2) is 24.5 Å². The Balaban J connectivity index is 1.68. The maximum absolute atomic E-state index is 12.0. The van der Waals surface area contributed by atoms with Crippen LogP contribution in [0.25, 0.3) is 11.0 Å². The number of imidazole rings is 1. The number of aromatic nitrogens is 2. The predicted octanol–water partition coefficient (Wildman–Crippen LogP) is 3.42. The zero-order valence-electron chi connectivity index (χ0n) is 12.8. The van der Waals surface area contributed by atoms with Gasteiger partial charge < -0.3 is 9.88 Å². The van der Waals surface area contributed by atoms with Crippen LogP contribution in [0.2, 0.25) is 0 Å². The highest BCUT2D eigenvalue weighted by atomic mass is 16.1. The van der Waals surface area contributed by atoms with Crippen molar-refractivity contribution in [2.45, 2.75) is 52.1 Å². The third-order valence-corrected chi connectivity index (χ3v) is 4.39. The predicted molar refractivity (Wildman–Crippen MR) is 83.9 cm³/mol. The molecule has 0 atom stereocenters. The summed E-state index contributed by atoms with van der Waals surface area (Å²) in [6, 6.07) is 6.66. The van der Waals surface area contributed by atoms with Crippen molar-refractivity contribution in [2.75, 3.05) is 0 Å². The zero-order valence-corrected chi connectivity index (χ0v) is 12.8. The van der Waals surface area contributed by atoms with Crippen LogP contribution in [0.1, 0.15) is 51.1 Å². The Morgan fingerprint density at radius 1 is 1.38 bits per heavy atom. The van der Waals surface area contributed by atoms with E-state index in [0.717, 1.165) is 29.4 Å². The van der Waals surface area contributed by atoms with Gasteiger partial charge in [0.2, 0.25) is 5.91 Å². The van der Waals surface area contributed by atoms with E-state index in [0.29, 0.717) is 12.6 Å². The summed E-state index contributed by atoms with van der Waals surface area (Å²) < 4.78 is 2.16. The highest BCUT2D eigenvalue weighted by Gasteiger charge is 2.22. The zero-order chi connectivity index (χ0) is 14.8. The molecule has 21 heavy (non-hydrogen) atoms. The molecule has 0 spiro atoms. The maximum atomic E-state index is 12.0. The summed E-state index contributed by atoms with van der Waals surface area (Å²) in [4.78, 5) is 16.5. The summed E-state index contributed by atoms with van der Waals surface area (Å²) >= 11 is 0. The van der Waals surface area contributed by atoms with E-state index in [9.17, 15) is 4.79 Å². The van der Waals surface area contributed by atoms with Crippen molar-refractivity contribution in [1.82, 2.24) is 14.9 Å². The minimum Gasteiger partial charge on any atom is -0.352 e. The lowest BCUT2D eigenvalue weighted by molar-refractivity contribution is -0.124. The first-order valence-electron chi connectivity index (χ1n) is 7.88. The molecule has 1 saturated carbocycles. The molecule has 2 aromatic rings. The lowest BCUT2D eigenvalue weighted by Gasteiger charge is -2.11. The fourth-order valence-electron chi connectivity index (χ4n) is 3.12. The molecule has 112 valence electrons. The Hall–Kier alpha value is -1.84. The lowest BCUT2D eigenvalue weighted by Crippen LogP contribution is -2.28. The normalized spacial score (nSPS) is 16.0. The van der Waals surface area contributed by atoms with Gasteiger partial charge in [0, 0.05) is 18.5 Å². The standard InChI is InChI=1S/C17H23N3O/c1-12(2)20-11-19-15-9-13(7-8-16(15)20)10-18-17(21)14-5-3-4-6-14/h7-9,11-12,14H,3-6,10H2,1-2H3,(H,18,21). The first-order valence-corrected chi connectivity index (χ1v) is 7.88. The van der Waals surface area contributed by atoms with Gasteiger partial charge in [-0.1, -0.05) is 18.9 Å². The molecular formula is C17H23N3O. The number of nitrogens with one attached hydrogen (secondary N) is 1. The molecule has 3 rings (SSSR count). The molecule has 0 aliphatic heterocycles. The van der Waals surface area contributed by atoms with Crippen LogP contribution in [0.3, 0.4) is 0 Å². The van der Waals surface area contributed by atoms with Crippen molar-refractivity contribution in [3.05, 3.63) is 30.1 Å². The third-order valence-electron chi connectivity index (χ3n) is 4.39. The number of nitrogens with zero attached hydrogens (tertiary/aromatic N) is 2. The Morgan fingerprint density at radius 3 is 2.86 bits per heavy atom. The largest absolute Gasteiger partial charge is 0.352 e. The molecule has 1 heterocycles. The van der Waals surface area contributed by atoms with Crippen LogP contribution >= 0.6 is 0 Å². The summed E-state index contributed by atoms with van der Waals surface area (Å²) in [5.74, 6) is 0.439. The summed E-state index contributed by atoms with van der Waals surface area (Å²) in [5.41, 5.74) is 3.26. The van der Waals surface area contributed by atoms with Crippen LogP contribution in [0.5, 0.6) is 0 Å². The molecule has 1 aliphatic carbocycles. The van der Waals surface area contributed by atoms with E-state index in [1.807, 2.05) is 6.33 Å². The molecule has 0 saturated heterocycles. The SMILES string of the molecule is CC(C)n1cnc2cc(CNC(=O)C3CCCC3)ccc21. The smallest absolute Gasteiger partial charge is 0.223 e. The topological polar surface area (TPSA) is 46.9 Å². The Kier molecular flexibility index (Phi) is 3.95. The quantitative estimate of drug-likeness (QED) is 0.935. The number of carbonyl (C=O) groups excluding carboxylic acids is 1. The van der Waals surface area contributed by atoms with Crippen LogP contribution in [-0.2, 0) is 11.3 Å². The van der Waals surface area contributed by atoms with Gasteiger partial charge in [-0.2, -0.15) is 0 Å². The van der Waals surface area contributed by atoms with Crippen molar-refractivity contribution in [2.24, 2.45) is 5.92 Å². The number of rotatable bonds is 4. The Labute approximate surface area is 125 Å². The molecule has 0 unspecified atom stereocenters. The summed E-state index contributed by atoms with van der Waals surface area (Å²) in [5, 5.41) is 3.06. The highest BCUT2D eigenvalue weighted by molar-refractivity contribution is 5.79. The number of hydrogen-bond acceptors (Lipinski definition) is 2. The average molecular weight is 285 g/mol. The first-order chi connectivity index (χ1) is 10.1. The van der Waals surface area contributed by atoms with E-state index in [4.69, 9.17) is 0 Å². The van der Waals surface area contributed by atoms with Crippen molar-refractivity contribution in [3.8, 4) is 0 Å². The van der Waals surface area contributed by atoms with E-state index < -0.39 is 0 Å². The number of hydrogen-bond donors (Lipinski definition) is 1. The molecule has 1 aromatic heterocycles. The molecular weight excluding hydrogens is 262 g/mol. The highest BCUT2D eigenvalue weighted by Crippen LogP contribution is 2.25. The number of carbonyl (C=O) groups is 1. The average Bonchev–Trinajstić information content (AvgIpc) is 3.13. The maximum Gasteiger partial charge on any atom is 0.223 e. The first kappa shape index (κ1) is 14.1. The van der Waals surface area contributed by atoms with Gasteiger partial charge in [-0.05, 0) is 44.4 Å². The summed E-state index contributed by atoms with van der Waals surface area (Å²) in [7, 11) is 0. The van der Waals surface area contributed by atoms with Crippen LogP contribution in [0, 0.1) is 5.92 Å². The molecule has 1 aromatic carbocycles. The van der Waals surface area contributed by atoms with Gasteiger partial charge >= 0.3 is 0 Å². The monoisotopic (exact) mass is 285 g/mol.